The molecule has 27 heavy (non-hydrogen) atoms. The summed E-state index contributed by atoms with van der Waals surface area (Å²) >= 11 is 0. The topological polar surface area (TPSA) is 160 Å². The van der Waals surface area contributed by atoms with E-state index < -0.39 is 47.7 Å². The van der Waals surface area contributed by atoms with Gasteiger partial charge in [-0.15, -0.1) is 0 Å². The van der Waals surface area contributed by atoms with Gasteiger partial charge in [0.2, 0.25) is 5.91 Å². The Morgan fingerprint density at radius 1 is 1.52 bits per heavy atom. The number of amides is 1. The van der Waals surface area contributed by atoms with Gasteiger partial charge in [-0.05, 0) is 19.3 Å². The fourth-order valence-electron chi connectivity index (χ4n) is 3.11. The average Bonchev–Trinajstić information content (AvgIpc) is 2.92. The molecule has 1 aliphatic heterocycles. The van der Waals surface area contributed by atoms with Crippen molar-refractivity contribution in [3.05, 3.63) is 32.6 Å². The smallest absolute Gasteiger partial charge is 0.330 e. The second kappa shape index (κ2) is 8.34. The van der Waals surface area contributed by atoms with Gasteiger partial charge in [-0.25, -0.2) is 4.79 Å². The molecule has 1 fully saturated rings. The van der Waals surface area contributed by atoms with Crippen LogP contribution < -0.4 is 22.3 Å². The molecule has 0 aromatic carbocycles. The molecule has 0 saturated carbocycles. The molecule has 0 bridgehead atoms. The summed E-state index contributed by atoms with van der Waals surface area (Å²) in [6.07, 6.45) is -0.177. The van der Waals surface area contributed by atoms with Crippen LogP contribution in [-0.4, -0.2) is 56.6 Å². The van der Waals surface area contributed by atoms with Gasteiger partial charge in [-0.1, -0.05) is 13.8 Å². The third-order valence-electron chi connectivity index (χ3n) is 4.75. The van der Waals surface area contributed by atoms with Crippen LogP contribution in [0.25, 0.3) is 0 Å². The van der Waals surface area contributed by atoms with E-state index in [9.17, 15) is 24.6 Å². The minimum Gasteiger partial charge on any atom is -0.393 e. The number of nitrogens with zero attached hydrogens (tertiary/aromatic N) is 1. The van der Waals surface area contributed by atoms with Gasteiger partial charge in [0.1, 0.15) is 11.8 Å². The van der Waals surface area contributed by atoms with E-state index in [-0.39, 0.29) is 18.9 Å². The van der Waals surface area contributed by atoms with Crippen LogP contribution in [0.15, 0.2) is 15.8 Å². The number of aryl methyl sites for hydroxylation is 1. The highest BCUT2D eigenvalue weighted by Gasteiger charge is 2.49. The maximum atomic E-state index is 12.1. The standard InChI is InChI=1S/C17H28N4O6/c1-9(2)4-11(18)15(25)19-7-17(8-22)12(23)5-13(27-17)21-6-10(3)14(24)20-16(21)26/h6,9,11-13,22-23H,4-5,7-8,18H2,1-3H3,(H,19,25)(H,20,24,26)/t11-,12?,13+,17+/m0/s1. The Hall–Kier alpha value is -2.01. The van der Waals surface area contributed by atoms with Crippen molar-refractivity contribution in [3.8, 4) is 0 Å². The number of aromatic amines is 1. The molecule has 0 aliphatic carbocycles. The van der Waals surface area contributed by atoms with Crippen molar-refractivity contribution < 1.29 is 19.7 Å². The Morgan fingerprint density at radius 3 is 2.78 bits per heavy atom. The number of aliphatic hydroxyl groups is 2. The molecule has 0 spiro atoms. The Balaban J connectivity index is 2.14. The number of hydrogen-bond acceptors (Lipinski definition) is 7. The first-order valence-electron chi connectivity index (χ1n) is 8.91. The van der Waals surface area contributed by atoms with Crippen LogP contribution in [0.5, 0.6) is 0 Å². The zero-order chi connectivity index (χ0) is 20.4. The normalized spacial score (nSPS) is 26.3. The van der Waals surface area contributed by atoms with E-state index in [1.807, 2.05) is 13.8 Å². The van der Waals surface area contributed by atoms with Crippen LogP contribution in [0.1, 0.15) is 38.5 Å². The summed E-state index contributed by atoms with van der Waals surface area (Å²) in [4.78, 5) is 37.9. The van der Waals surface area contributed by atoms with E-state index in [4.69, 9.17) is 10.5 Å². The summed E-state index contributed by atoms with van der Waals surface area (Å²) in [5.41, 5.74) is 3.48. The lowest BCUT2D eigenvalue weighted by Crippen LogP contribution is -2.54. The molecule has 4 atom stereocenters. The fraction of sp³-hybridized carbons (Fsp3) is 0.706. The molecule has 10 heteroatoms. The minimum absolute atomic E-state index is 0.0138. The highest BCUT2D eigenvalue weighted by atomic mass is 16.6. The predicted octanol–water partition coefficient (Wildman–Crippen LogP) is -1.65. The molecule has 0 radical (unpaired) electrons. The maximum absolute atomic E-state index is 12.1. The lowest BCUT2D eigenvalue weighted by molar-refractivity contribution is -0.136. The van der Waals surface area contributed by atoms with Crippen molar-refractivity contribution in [3.63, 3.8) is 0 Å². The molecule has 1 unspecified atom stereocenters. The fourth-order valence-corrected chi connectivity index (χ4v) is 3.11. The molecule has 1 saturated heterocycles. The number of aliphatic hydroxyl groups excluding tert-OH is 2. The third kappa shape index (κ3) is 4.64. The first-order valence-corrected chi connectivity index (χ1v) is 8.91. The summed E-state index contributed by atoms with van der Waals surface area (Å²) < 4.78 is 6.93. The second-order valence-corrected chi connectivity index (χ2v) is 7.48. The largest absolute Gasteiger partial charge is 0.393 e. The van der Waals surface area contributed by atoms with Crippen LogP contribution in [-0.2, 0) is 9.53 Å². The summed E-state index contributed by atoms with van der Waals surface area (Å²) in [5.74, 6) is -0.168. The van der Waals surface area contributed by atoms with Gasteiger partial charge >= 0.3 is 5.69 Å². The zero-order valence-corrected chi connectivity index (χ0v) is 15.8. The number of nitrogens with one attached hydrogen (secondary N) is 2. The number of nitrogens with two attached hydrogens (primary N) is 1. The van der Waals surface area contributed by atoms with E-state index in [0.29, 0.717) is 12.0 Å². The third-order valence-corrected chi connectivity index (χ3v) is 4.75. The van der Waals surface area contributed by atoms with Gasteiger partial charge in [0, 0.05) is 18.2 Å². The maximum Gasteiger partial charge on any atom is 0.330 e. The van der Waals surface area contributed by atoms with Crippen molar-refractivity contribution >= 4 is 5.91 Å². The minimum atomic E-state index is -1.47. The summed E-state index contributed by atoms with van der Waals surface area (Å²) in [7, 11) is 0. The van der Waals surface area contributed by atoms with E-state index in [0.717, 1.165) is 4.57 Å². The van der Waals surface area contributed by atoms with Crippen molar-refractivity contribution in [2.45, 2.75) is 57.6 Å². The lowest BCUT2D eigenvalue weighted by atomic mass is 9.97. The van der Waals surface area contributed by atoms with Crippen LogP contribution in [0.4, 0.5) is 0 Å². The molecule has 152 valence electrons. The Kier molecular flexibility index (Phi) is 6.58. The van der Waals surface area contributed by atoms with Crippen LogP contribution in [0.2, 0.25) is 0 Å². The number of rotatable bonds is 7. The van der Waals surface area contributed by atoms with E-state index in [1.54, 1.807) is 0 Å². The second-order valence-electron chi connectivity index (χ2n) is 7.48. The van der Waals surface area contributed by atoms with E-state index in [2.05, 4.69) is 10.3 Å². The van der Waals surface area contributed by atoms with Crippen molar-refractivity contribution in [2.24, 2.45) is 11.7 Å². The number of H-pyrrole nitrogens is 1. The van der Waals surface area contributed by atoms with Gasteiger partial charge in [0.05, 0.1) is 25.3 Å². The zero-order valence-electron chi connectivity index (χ0n) is 15.8. The number of ether oxygens (including phenoxy) is 1. The predicted molar refractivity (Wildman–Crippen MR) is 97.1 cm³/mol. The number of carbonyl (C=O) groups is 1. The Bertz CT molecular complexity index is 788. The molecule has 2 heterocycles. The number of carbonyl (C=O) groups excluding carboxylic acids is 1. The SMILES string of the molecule is Cc1cn([C@H]2CC(O)[C@](CO)(CNC(=O)[C@@H](N)CC(C)C)O2)c(=O)[nH]c1=O. The van der Waals surface area contributed by atoms with Gasteiger partial charge in [-0.3, -0.25) is 19.1 Å². The number of hydrogen-bond donors (Lipinski definition) is 5. The quantitative estimate of drug-likeness (QED) is 0.376. The van der Waals surface area contributed by atoms with Gasteiger partial charge < -0.3 is 26.0 Å². The lowest BCUT2D eigenvalue weighted by Gasteiger charge is -2.31. The molecule has 10 nitrogen and oxygen atoms in total. The monoisotopic (exact) mass is 384 g/mol. The first-order chi connectivity index (χ1) is 12.6. The van der Waals surface area contributed by atoms with Crippen molar-refractivity contribution in [2.75, 3.05) is 13.2 Å². The van der Waals surface area contributed by atoms with Gasteiger partial charge in [-0.2, -0.15) is 0 Å². The molecule has 1 aliphatic rings. The van der Waals surface area contributed by atoms with Crippen LogP contribution in [0, 0.1) is 12.8 Å². The van der Waals surface area contributed by atoms with Gasteiger partial charge in [0.15, 0.2) is 0 Å². The Morgan fingerprint density at radius 2 is 2.19 bits per heavy atom. The van der Waals surface area contributed by atoms with Crippen LogP contribution >= 0.6 is 0 Å². The molecule has 2 rings (SSSR count). The molecular weight excluding hydrogens is 356 g/mol. The molecule has 6 N–H and O–H groups in total. The highest BCUT2D eigenvalue weighted by Crippen LogP contribution is 2.35. The summed E-state index contributed by atoms with van der Waals surface area (Å²) in [5, 5.41) is 22.8. The van der Waals surface area contributed by atoms with Crippen molar-refractivity contribution in [1.29, 1.82) is 0 Å². The average molecular weight is 384 g/mol. The van der Waals surface area contributed by atoms with E-state index in [1.165, 1.54) is 13.1 Å². The summed E-state index contributed by atoms with van der Waals surface area (Å²) in [6.45, 7) is 4.70. The molecule has 1 aromatic heterocycles. The molecular formula is C17H28N4O6. The Labute approximate surface area is 156 Å². The molecule has 1 amide bonds. The summed E-state index contributed by atoms with van der Waals surface area (Å²) in [6, 6.07) is -0.709. The van der Waals surface area contributed by atoms with Gasteiger partial charge in [0.25, 0.3) is 5.56 Å². The number of aromatic nitrogens is 2. The highest BCUT2D eigenvalue weighted by molar-refractivity contribution is 5.81. The van der Waals surface area contributed by atoms with Crippen LogP contribution in [0.3, 0.4) is 0 Å². The van der Waals surface area contributed by atoms with E-state index >= 15 is 0 Å². The van der Waals surface area contributed by atoms with Crippen molar-refractivity contribution in [1.82, 2.24) is 14.9 Å². The first kappa shape index (κ1) is 21.3. The molecule has 1 aromatic rings.